The Balaban J connectivity index is 0.000000166. The predicted octanol–water partition coefficient (Wildman–Crippen LogP) is 9.13. The smallest absolute Gasteiger partial charge is 0.217 e. The highest BCUT2D eigenvalue weighted by molar-refractivity contribution is 5.85. The van der Waals surface area contributed by atoms with Crippen molar-refractivity contribution >= 4 is 5.78 Å². The first-order valence-electron chi connectivity index (χ1n) is 24.8. The Hall–Kier alpha value is -6.29. The number of Topliss-reactive ketones (excluding diaryl/α,β-unsaturated/α-hetero) is 1. The van der Waals surface area contributed by atoms with E-state index in [0.717, 1.165) is 33.4 Å². The normalized spacial score (nSPS) is 23.7. The standard InChI is InChI=1S/2C29H29F2NO4/c30-22-8-11-24-20(14-22)6-10-26(34-24)27-17-32(16-19-4-2-1-3-5-19)18-29(33,36-27)28-13-7-21-15-23(31)9-12-25(21)35-28;30-22-8-12-26-20(14-22)6-10-28(35-26)24(33)17-32(16-19-4-2-1-3-5-19)18-25(34)29-11-7-21-15-23(31)9-13-27(21)36-29/h1-5,8-9,11-12,14-15,26-28,33H,6-7,10,13,16-18H2;1-5,8-9,12-15,24,28-29,33H,6-7,10-11,16-18H2/t26-,27?,28+,29?;24?,28-,29?/m11/s1. The third kappa shape index (κ3) is 11.8. The molecule has 11 rings (SSSR count). The highest BCUT2D eigenvalue weighted by Crippen LogP contribution is 2.39. The summed E-state index contributed by atoms with van der Waals surface area (Å²) in [6.07, 6.45) is 1.42. The Morgan fingerprint density at radius 1 is 0.611 bits per heavy atom. The average molecular weight is 987 g/mol. The van der Waals surface area contributed by atoms with Crippen molar-refractivity contribution in [3.05, 3.63) is 190 Å². The molecular formula is C58H58F4N2O8. The predicted molar refractivity (Wildman–Crippen MR) is 261 cm³/mol. The summed E-state index contributed by atoms with van der Waals surface area (Å²) in [6.45, 7) is 2.30. The number of carbonyl (C=O) groups is 1. The van der Waals surface area contributed by atoms with Crippen molar-refractivity contribution < 1.29 is 56.3 Å². The van der Waals surface area contributed by atoms with Gasteiger partial charge in [-0.1, -0.05) is 60.7 Å². The van der Waals surface area contributed by atoms with Crippen LogP contribution in [0.4, 0.5) is 17.6 Å². The second-order valence-electron chi connectivity index (χ2n) is 19.5. The number of ketones is 1. The topological polar surface area (TPSA) is 110 Å². The lowest BCUT2D eigenvalue weighted by Crippen LogP contribution is -2.65. The van der Waals surface area contributed by atoms with Crippen molar-refractivity contribution in [2.75, 3.05) is 26.2 Å². The van der Waals surface area contributed by atoms with E-state index < -0.39 is 36.3 Å². The van der Waals surface area contributed by atoms with Crippen LogP contribution in [0.2, 0.25) is 0 Å². The number of hydrogen-bond acceptors (Lipinski definition) is 10. The Bertz CT molecular complexity index is 2840. The molecule has 4 unspecified atom stereocenters. The quantitative estimate of drug-likeness (QED) is 0.115. The van der Waals surface area contributed by atoms with Crippen LogP contribution < -0.4 is 18.9 Å². The molecule has 0 spiro atoms. The molecule has 5 heterocycles. The zero-order valence-electron chi connectivity index (χ0n) is 39.8. The molecule has 2 N–H and O–H groups in total. The highest BCUT2D eigenvalue weighted by Gasteiger charge is 2.50. The SMILES string of the molecule is O=C(CN(Cc1ccccc1)CC(O)[C@H]1CCc2cc(F)ccc2O1)C1CCc2cc(F)ccc2O1.OC1([C@@H]2CCc3cc(F)ccc3O2)CN(Cc2ccccc2)CC([C@H]2CCc3cc(F)ccc3O2)O1. The Labute approximate surface area is 416 Å². The van der Waals surface area contributed by atoms with Crippen LogP contribution in [-0.4, -0.2) is 94.4 Å². The summed E-state index contributed by atoms with van der Waals surface area (Å²) < 4.78 is 85.2. The minimum Gasteiger partial charge on any atom is -0.487 e. The van der Waals surface area contributed by atoms with Gasteiger partial charge in [0.2, 0.25) is 5.79 Å². The van der Waals surface area contributed by atoms with E-state index in [2.05, 4.69) is 17.0 Å². The fourth-order valence-corrected chi connectivity index (χ4v) is 10.6. The number of aliphatic hydroxyl groups excluding tert-OH is 1. The van der Waals surface area contributed by atoms with Crippen LogP contribution >= 0.6 is 0 Å². The van der Waals surface area contributed by atoms with E-state index in [1.165, 1.54) is 48.5 Å². The number of β-amino-alcohol motifs (C(OH)–C–C–N with tert-alkyl or cyclic N) is 1. The summed E-state index contributed by atoms with van der Waals surface area (Å²) in [5.41, 5.74) is 5.36. The molecule has 0 saturated carbocycles. The van der Waals surface area contributed by atoms with Crippen LogP contribution in [0.1, 0.15) is 59.1 Å². The third-order valence-electron chi connectivity index (χ3n) is 14.2. The van der Waals surface area contributed by atoms with Gasteiger partial charge < -0.3 is 33.9 Å². The van der Waals surface area contributed by atoms with Crippen molar-refractivity contribution in [1.82, 2.24) is 9.80 Å². The molecule has 1 fully saturated rings. The number of morpholine rings is 1. The van der Waals surface area contributed by atoms with Crippen molar-refractivity contribution in [3.63, 3.8) is 0 Å². The maximum absolute atomic E-state index is 13.7. The second-order valence-corrected chi connectivity index (χ2v) is 19.5. The van der Waals surface area contributed by atoms with Gasteiger partial charge in [-0.05, 0) is 158 Å². The van der Waals surface area contributed by atoms with Crippen molar-refractivity contribution in [1.29, 1.82) is 0 Å². The Morgan fingerprint density at radius 2 is 1.12 bits per heavy atom. The van der Waals surface area contributed by atoms with E-state index in [1.807, 2.05) is 53.4 Å². The fourth-order valence-electron chi connectivity index (χ4n) is 10.6. The highest BCUT2D eigenvalue weighted by atomic mass is 19.1. The molecule has 376 valence electrons. The molecule has 7 atom stereocenters. The summed E-state index contributed by atoms with van der Waals surface area (Å²) in [5, 5.41) is 23.0. The average Bonchev–Trinajstić information content (AvgIpc) is 3.38. The number of aryl methyl sites for hydroxylation is 4. The molecule has 72 heavy (non-hydrogen) atoms. The van der Waals surface area contributed by atoms with Gasteiger partial charge in [0.15, 0.2) is 18.0 Å². The number of ether oxygens (including phenoxy) is 5. The van der Waals surface area contributed by atoms with Crippen molar-refractivity contribution in [2.45, 2.75) is 107 Å². The van der Waals surface area contributed by atoms with Crippen molar-refractivity contribution in [3.8, 4) is 23.0 Å². The molecule has 6 aromatic rings. The van der Waals surface area contributed by atoms with Gasteiger partial charge in [0.1, 0.15) is 70.7 Å². The number of halogens is 4. The first-order valence-corrected chi connectivity index (χ1v) is 24.8. The zero-order chi connectivity index (χ0) is 49.8. The molecule has 0 amide bonds. The zero-order valence-corrected chi connectivity index (χ0v) is 39.8. The minimum absolute atomic E-state index is 0.0847. The van der Waals surface area contributed by atoms with E-state index >= 15 is 0 Å². The summed E-state index contributed by atoms with van der Waals surface area (Å²) >= 11 is 0. The molecule has 0 radical (unpaired) electrons. The Kier molecular flexibility index (Phi) is 14.9. The summed E-state index contributed by atoms with van der Waals surface area (Å²) in [5.74, 6) is -0.491. The minimum atomic E-state index is -1.57. The van der Waals surface area contributed by atoms with Crippen LogP contribution in [-0.2, 0) is 48.3 Å². The van der Waals surface area contributed by atoms with Gasteiger partial charge in [0.25, 0.3) is 0 Å². The maximum atomic E-state index is 13.7. The number of fused-ring (bicyclic) bond motifs is 4. The van der Waals surface area contributed by atoms with Gasteiger partial charge in [-0.2, -0.15) is 0 Å². The number of benzene rings is 6. The lowest BCUT2D eigenvalue weighted by Gasteiger charge is -2.49. The molecular weight excluding hydrogens is 929 g/mol. The van der Waals surface area contributed by atoms with E-state index in [-0.39, 0.29) is 54.8 Å². The molecule has 5 aliphatic heterocycles. The molecule has 10 nitrogen and oxygen atoms in total. The molecule has 1 saturated heterocycles. The number of carbonyl (C=O) groups excluding carboxylic acids is 1. The van der Waals surface area contributed by atoms with Crippen LogP contribution in [0.3, 0.4) is 0 Å². The van der Waals surface area contributed by atoms with Gasteiger partial charge >= 0.3 is 0 Å². The summed E-state index contributed by atoms with van der Waals surface area (Å²) in [4.78, 5) is 17.3. The molecule has 6 aromatic carbocycles. The number of rotatable bonds is 12. The van der Waals surface area contributed by atoms with Gasteiger partial charge in [-0.15, -0.1) is 0 Å². The van der Waals surface area contributed by atoms with Crippen molar-refractivity contribution in [2.24, 2.45) is 0 Å². The number of aliphatic hydroxyl groups is 2. The largest absolute Gasteiger partial charge is 0.487 e. The molecule has 0 aromatic heterocycles. The van der Waals surface area contributed by atoms with Crippen LogP contribution in [0.5, 0.6) is 23.0 Å². The third-order valence-corrected chi connectivity index (χ3v) is 14.2. The maximum Gasteiger partial charge on any atom is 0.217 e. The summed E-state index contributed by atoms with van der Waals surface area (Å²) in [7, 11) is 0. The second kappa shape index (κ2) is 21.8. The Morgan fingerprint density at radius 3 is 1.74 bits per heavy atom. The van der Waals surface area contributed by atoms with E-state index in [9.17, 15) is 32.6 Å². The number of hydrogen-bond donors (Lipinski definition) is 2. The van der Waals surface area contributed by atoms with E-state index in [4.69, 9.17) is 23.7 Å². The molecule has 5 aliphatic rings. The van der Waals surface area contributed by atoms with Crippen LogP contribution in [0.15, 0.2) is 133 Å². The van der Waals surface area contributed by atoms with Crippen LogP contribution in [0.25, 0.3) is 0 Å². The monoisotopic (exact) mass is 986 g/mol. The van der Waals surface area contributed by atoms with Gasteiger partial charge in [0, 0.05) is 26.2 Å². The van der Waals surface area contributed by atoms with E-state index in [0.29, 0.717) is 94.0 Å². The van der Waals surface area contributed by atoms with Gasteiger partial charge in [0.05, 0.1) is 13.1 Å². The van der Waals surface area contributed by atoms with Gasteiger partial charge in [-0.3, -0.25) is 14.6 Å². The first kappa shape index (κ1) is 49.3. The molecule has 0 aliphatic carbocycles. The van der Waals surface area contributed by atoms with Gasteiger partial charge in [-0.25, -0.2) is 17.6 Å². The summed E-state index contributed by atoms with van der Waals surface area (Å²) in [6, 6.07) is 37.7. The van der Waals surface area contributed by atoms with Crippen LogP contribution in [0, 0.1) is 23.3 Å². The lowest BCUT2D eigenvalue weighted by atomic mass is 9.93. The molecule has 0 bridgehead atoms. The molecule has 14 heteroatoms. The first-order chi connectivity index (χ1) is 34.9. The number of nitrogens with zero attached hydrogens (tertiary/aromatic N) is 2. The fraction of sp³-hybridized carbons (Fsp3) is 0.362. The van der Waals surface area contributed by atoms with E-state index in [1.54, 1.807) is 24.3 Å². The lowest BCUT2D eigenvalue weighted by molar-refractivity contribution is -0.315.